The monoisotopic (exact) mass is 405 g/mol. The van der Waals surface area contributed by atoms with Crippen molar-refractivity contribution in [3.8, 4) is 17.0 Å². The topological polar surface area (TPSA) is 95.6 Å². The molecule has 8 nitrogen and oxygen atoms in total. The molecule has 0 aliphatic carbocycles. The molecular formula is C19H21F2N5O3. The van der Waals surface area contributed by atoms with Gasteiger partial charge in [0, 0.05) is 36.9 Å². The minimum absolute atomic E-state index is 0.0956. The van der Waals surface area contributed by atoms with Gasteiger partial charge in [0.05, 0.1) is 31.1 Å². The number of nitrogens with zero attached hydrogens (tertiary/aromatic N) is 4. The lowest BCUT2D eigenvalue weighted by Crippen LogP contribution is -2.37. The molecule has 5 heterocycles. The molecule has 29 heavy (non-hydrogen) atoms. The van der Waals surface area contributed by atoms with Crippen LogP contribution in [0.4, 0.5) is 20.4 Å². The molecule has 2 aromatic heterocycles. The van der Waals surface area contributed by atoms with E-state index in [1.54, 1.807) is 0 Å². The van der Waals surface area contributed by atoms with Crippen molar-refractivity contribution in [1.29, 1.82) is 0 Å². The van der Waals surface area contributed by atoms with E-state index in [4.69, 9.17) is 25.2 Å². The van der Waals surface area contributed by atoms with E-state index >= 15 is 0 Å². The van der Waals surface area contributed by atoms with Crippen LogP contribution in [0.1, 0.15) is 24.6 Å². The Kier molecular flexibility index (Phi) is 4.67. The zero-order valence-corrected chi connectivity index (χ0v) is 15.6. The Labute approximate surface area is 166 Å². The van der Waals surface area contributed by atoms with Crippen LogP contribution < -0.4 is 15.4 Å². The Bertz CT molecular complexity index is 909. The third-order valence-electron chi connectivity index (χ3n) is 5.61. The van der Waals surface area contributed by atoms with Crippen LogP contribution in [0.25, 0.3) is 11.3 Å². The summed E-state index contributed by atoms with van der Waals surface area (Å²) in [6.45, 7) is -0.284. The van der Waals surface area contributed by atoms with E-state index in [0.717, 1.165) is 25.2 Å². The highest BCUT2D eigenvalue weighted by Crippen LogP contribution is 2.35. The fourth-order valence-corrected chi connectivity index (χ4v) is 4.13. The van der Waals surface area contributed by atoms with Gasteiger partial charge < -0.3 is 24.8 Å². The Balaban J connectivity index is 1.55. The van der Waals surface area contributed by atoms with Gasteiger partial charge in [-0.2, -0.15) is 8.78 Å². The van der Waals surface area contributed by atoms with Crippen molar-refractivity contribution >= 4 is 11.6 Å². The third-order valence-corrected chi connectivity index (χ3v) is 5.61. The average molecular weight is 405 g/mol. The van der Waals surface area contributed by atoms with Crippen molar-refractivity contribution < 1.29 is 23.0 Å². The van der Waals surface area contributed by atoms with E-state index in [-0.39, 0.29) is 29.6 Å². The number of nitrogen functional groups attached to an aromatic ring is 1. The molecule has 3 aliphatic heterocycles. The van der Waals surface area contributed by atoms with Gasteiger partial charge in [0.15, 0.2) is 11.6 Å². The molecule has 0 radical (unpaired) electrons. The number of nitrogens with two attached hydrogens (primary N) is 1. The largest absolute Gasteiger partial charge is 0.431 e. The summed E-state index contributed by atoms with van der Waals surface area (Å²) in [5.74, 6) is 1.33. The number of alkyl halides is 2. The van der Waals surface area contributed by atoms with Gasteiger partial charge in [0.2, 0.25) is 0 Å². The molecule has 0 aromatic carbocycles. The first-order valence-corrected chi connectivity index (χ1v) is 9.62. The number of hydrogen-bond acceptors (Lipinski definition) is 8. The molecule has 3 fully saturated rings. The number of fused-ring (bicyclic) bond motifs is 2. The zero-order chi connectivity index (χ0) is 20.0. The van der Waals surface area contributed by atoms with Crippen LogP contribution in [0.15, 0.2) is 18.3 Å². The second-order valence-corrected chi connectivity index (χ2v) is 7.51. The predicted molar refractivity (Wildman–Crippen MR) is 100.0 cm³/mol. The lowest BCUT2D eigenvalue weighted by atomic mass is 10.1. The van der Waals surface area contributed by atoms with Crippen molar-refractivity contribution in [1.82, 2.24) is 15.0 Å². The second kappa shape index (κ2) is 7.34. The summed E-state index contributed by atoms with van der Waals surface area (Å²) < 4.78 is 41.1. The van der Waals surface area contributed by atoms with Crippen LogP contribution in [-0.4, -0.2) is 60.1 Å². The number of ether oxygens (including phenoxy) is 3. The molecule has 10 heteroatoms. The quantitative estimate of drug-likeness (QED) is 0.809. The van der Waals surface area contributed by atoms with Gasteiger partial charge in [-0.1, -0.05) is 0 Å². The molecule has 154 valence electrons. The summed E-state index contributed by atoms with van der Waals surface area (Å²) in [5, 5.41) is 0. The van der Waals surface area contributed by atoms with Crippen molar-refractivity contribution in [2.24, 2.45) is 0 Å². The highest BCUT2D eigenvalue weighted by molar-refractivity contribution is 5.67. The summed E-state index contributed by atoms with van der Waals surface area (Å²) in [4.78, 5) is 15.7. The van der Waals surface area contributed by atoms with E-state index in [1.807, 2.05) is 6.07 Å². The minimum atomic E-state index is -2.98. The van der Waals surface area contributed by atoms with E-state index in [0.29, 0.717) is 36.9 Å². The summed E-state index contributed by atoms with van der Waals surface area (Å²) in [5.41, 5.74) is 6.81. The minimum Gasteiger partial charge on any atom is -0.431 e. The Morgan fingerprint density at radius 3 is 2.83 bits per heavy atom. The molecule has 0 amide bonds. The maximum Gasteiger partial charge on any atom is 0.387 e. The van der Waals surface area contributed by atoms with Gasteiger partial charge in [-0.15, -0.1) is 0 Å². The van der Waals surface area contributed by atoms with Crippen LogP contribution in [0.3, 0.4) is 0 Å². The van der Waals surface area contributed by atoms with Crippen molar-refractivity contribution in [3.05, 3.63) is 24.2 Å². The van der Waals surface area contributed by atoms with Gasteiger partial charge in [-0.25, -0.2) is 15.0 Å². The molecule has 0 saturated carbocycles. The number of aromatic nitrogens is 3. The van der Waals surface area contributed by atoms with E-state index in [2.05, 4.69) is 14.6 Å². The van der Waals surface area contributed by atoms with Gasteiger partial charge in [-0.3, -0.25) is 0 Å². The molecule has 2 N–H and O–H groups in total. The Morgan fingerprint density at radius 2 is 2.14 bits per heavy atom. The fraction of sp³-hybridized carbons (Fsp3) is 0.526. The molecular weight excluding hydrogens is 384 g/mol. The SMILES string of the molecule is Nc1ncc(-c2cc(N3CC4CC3CO4)nc(C3CCOC3)n2)cc1OC(F)F. The van der Waals surface area contributed by atoms with Crippen molar-refractivity contribution in [3.63, 3.8) is 0 Å². The molecule has 2 aromatic rings. The van der Waals surface area contributed by atoms with Gasteiger partial charge in [0.25, 0.3) is 0 Å². The highest BCUT2D eigenvalue weighted by atomic mass is 19.3. The highest BCUT2D eigenvalue weighted by Gasteiger charge is 2.40. The predicted octanol–water partition coefficient (Wildman–Crippen LogP) is 2.20. The lowest BCUT2D eigenvalue weighted by Gasteiger charge is -2.28. The Morgan fingerprint density at radius 1 is 1.24 bits per heavy atom. The number of anilines is 2. The van der Waals surface area contributed by atoms with Crippen LogP contribution in [-0.2, 0) is 9.47 Å². The maximum absolute atomic E-state index is 12.7. The van der Waals surface area contributed by atoms with Crippen LogP contribution >= 0.6 is 0 Å². The summed E-state index contributed by atoms with van der Waals surface area (Å²) in [7, 11) is 0. The van der Waals surface area contributed by atoms with Crippen LogP contribution in [0, 0.1) is 0 Å². The normalized spacial score (nSPS) is 25.9. The molecule has 2 bridgehead atoms. The second-order valence-electron chi connectivity index (χ2n) is 7.51. The third kappa shape index (κ3) is 3.58. The zero-order valence-electron chi connectivity index (χ0n) is 15.6. The molecule has 0 spiro atoms. The number of pyridine rings is 1. The van der Waals surface area contributed by atoms with Crippen LogP contribution in [0.2, 0.25) is 0 Å². The smallest absolute Gasteiger partial charge is 0.387 e. The molecule has 3 atom stereocenters. The number of halogens is 2. The first-order valence-electron chi connectivity index (χ1n) is 9.62. The van der Waals surface area contributed by atoms with Crippen molar-refractivity contribution in [2.75, 3.05) is 37.0 Å². The maximum atomic E-state index is 12.7. The van der Waals surface area contributed by atoms with Gasteiger partial charge >= 0.3 is 6.61 Å². The van der Waals surface area contributed by atoms with Gasteiger partial charge in [-0.05, 0) is 18.9 Å². The first kappa shape index (κ1) is 18.4. The number of rotatable bonds is 5. The molecule has 3 aliphatic rings. The summed E-state index contributed by atoms with van der Waals surface area (Å²) in [6.07, 6.45) is 3.56. The summed E-state index contributed by atoms with van der Waals surface area (Å²) in [6, 6.07) is 3.59. The molecule has 5 rings (SSSR count). The molecule has 3 saturated heterocycles. The first-order chi connectivity index (χ1) is 14.1. The standard InChI is InChI=1S/C19H21F2N5O3/c20-19(21)29-15-3-11(6-23-17(15)22)14-5-16(26-7-13-4-12(26)9-28-13)25-18(24-14)10-1-2-27-8-10/h3,5-6,10,12-13,19H,1-2,4,7-9H2,(H2,22,23). The number of hydrogen-bond donors (Lipinski definition) is 1. The summed E-state index contributed by atoms with van der Waals surface area (Å²) >= 11 is 0. The van der Waals surface area contributed by atoms with Crippen molar-refractivity contribution in [2.45, 2.75) is 37.5 Å². The molecule has 3 unspecified atom stereocenters. The lowest BCUT2D eigenvalue weighted by molar-refractivity contribution is -0.0494. The van der Waals surface area contributed by atoms with E-state index < -0.39 is 6.61 Å². The van der Waals surface area contributed by atoms with E-state index in [1.165, 1.54) is 12.3 Å². The average Bonchev–Trinajstić information content (AvgIpc) is 3.47. The van der Waals surface area contributed by atoms with Crippen LogP contribution in [0.5, 0.6) is 5.75 Å². The van der Waals surface area contributed by atoms with E-state index in [9.17, 15) is 8.78 Å². The number of morpholine rings is 1. The fourth-order valence-electron chi connectivity index (χ4n) is 4.13. The Hall–Kier alpha value is -2.59. The van der Waals surface area contributed by atoms with Gasteiger partial charge in [0.1, 0.15) is 11.6 Å².